The maximum Gasteiger partial charge on any atom is 0.404 e. The van der Waals surface area contributed by atoms with Gasteiger partial charge < -0.3 is 9.84 Å². The number of aliphatic carboxylic acids is 1. The van der Waals surface area contributed by atoms with Gasteiger partial charge in [-0.3, -0.25) is 9.48 Å². The third kappa shape index (κ3) is 3.18. The minimum atomic E-state index is -4.91. The first-order chi connectivity index (χ1) is 8.25. The van der Waals surface area contributed by atoms with Crippen molar-refractivity contribution in [2.75, 3.05) is 7.11 Å². The number of nitrogens with zero attached hydrogens (tertiary/aromatic N) is 3. The van der Waals surface area contributed by atoms with Crippen molar-refractivity contribution in [1.29, 1.82) is 0 Å². The quantitative estimate of drug-likeness (QED) is 0.790. The van der Waals surface area contributed by atoms with Crippen LogP contribution in [0.5, 0.6) is 0 Å². The molecule has 0 aliphatic rings. The van der Waals surface area contributed by atoms with E-state index >= 15 is 0 Å². The van der Waals surface area contributed by atoms with Gasteiger partial charge in [-0.1, -0.05) is 0 Å². The first-order valence-corrected chi connectivity index (χ1v) is 4.53. The average Bonchev–Trinajstić information content (AvgIpc) is 2.71. The molecule has 1 rings (SSSR count). The number of hydrogen-bond donors (Lipinski definition) is 1. The summed E-state index contributed by atoms with van der Waals surface area (Å²) in [4.78, 5) is 24.8. The number of hydrogen-bond acceptors (Lipinski definition) is 5. The summed E-state index contributed by atoms with van der Waals surface area (Å²) in [7, 11) is 1.05. The summed E-state index contributed by atoms with van der Waals surface area (Å²) in [5, 5.41) is 11.8. The van der Waals surface area contributed by atoms with Crippen molar-refractivity contribution in [2.24, 2.45) is 5.92 Å². The minimum Gasteiger partial charge on any atom is -0.481 e. The van der Waals surface area contributed by atoms with Crippen LogP contribution in [0.15, 0.2) is 6.33 Å². The Labute approximate surface area is 98.2 Å². The third-order valence-corrected chi connectivity index (χ3v) is 1.97. The highest BCUT2D eigenvalue weighted by molar-refractivity contribution is 5.84. The topological polar surface area (TPSA) is 94.3 Å². The monoisotopic (exact) mass is 267 g/mol. The molecule has 0 amide bonds. The summed E-state index contributed by atoms with van der Waals surface area (Å²) < 4.78 is 41.9. The Bertz CT molecular complexity index is 457. The van der Waals surface area contributed by atoms with Gasteiger partial charge >= 0.3 is 18.1 Å². The molecule has 0 spiro atoms. The lowest BCUT2D eigenvalue weighted by Crippen LogP contribution is -2.34. The van der Waals surface area contributed by atoms with Crippen LogP contribution in [0, 0.1) is 5.92 Å². The summed E-state index contributed by atoms with van der Waals surface area (Å²) in [6, 6.07) is 0. The summed E-state index contributed by atoms with van der Waals surface area (Å²) in [5.74, 6) is -6.02. The Hall–Kier alpha value is -2.13. The highest BCUT2D eigenvalue weighted by Crippen LogP contribution is 2.27. The van der Waals surface area contributed by atoms with Gasteiger partial charge in [0, 0.05) is 0 Å². The maximum absolute atomic E-state index is 12.4. The summed E-state index contributed by atoms with van der Waals surface area (Å²) in [5.41, 5.74) is 0. The van der Waals surface area contributed by atoms with E-state index in [0.717, 1.165) is 13.4 Å². The normalized spacial score (nSPS) is 13.1. The van der Waals surface area contributed by atoms with Crippen LogP contribution < -0.4 is 0 Å². The van der Waals surface area contributed by atoms with Crippen molar-refractivity contribution >= 4 is 11.9 Å². The lowest BCUT2D eigenvalue weighted by Gasteiger charge is -2.15. The second-order valence-corrected chi connectivity index (χ2v) is 3.21. The zero-order valence-corrected chi connectivity index (χ0v) is 9.01. The molecule has 0 fully saturated rings. The molecule has 10 heteroatoms. The lowest BCUT2D eigenvalue weighted by molar-refractivity contribution is -0.196. The van der Waals surface area contributed by atoms with E-state index in [1.807, 2.05) is 0 Å². The van der Waals surface area contributed by atoms with Crippen molar-refractivity contribution in [3.63, 3.8) is 0 Å². The molecule has 1 N–H and O–H groups in total. The van der Waals surface area contributed by atoms with Crippen molar-refractivity contribution in [3.8, 4) is 0 Å². The minimum absolute atomic E-state index is 0.441. The molecule has 100 valence electrons. The number of carbonyl (C=O) groups is 2. The number of alkyl halides is 3. The highest BCUT2D eigenvalue weighted by atomic mass is 19.4. The van der Waals surface area contributed by atoms with E-state index in [1.54, 1.807) is 0 Å². The van der Waals surface area contributed by atoms with E-state index in [0.29, 0.717) is 4.68 Å². The van der Waals surface area contributed by atoms with Gasteiger partial charge in [-0.15, -0.1) is 5.10 Å². The molecule has 7 nitrogen and oxygen atoms in total. The van der Waals surface area contributed by atoms with Crippen LogP contribution in [0.4, 0.5) is 13.2 Å². The second-order valence-electron chi connectivity index (χ2n) is 3.21. The number of methoxy groups -OCH3 is 1. The molecule has 0 saturated heterocycles. The van der Waals surface area contributed by atoms with Gasteiger partial charge in [-0.2, -0.15) is 13.2 Å². The summed E-state index contributed by atoms with van der Waals surface area (Å²) in [6.07, 6.45) is -4.09. The van der Waals surface area contributed by atoms with Crippen LogP contribution in [0.2, 0.25) is 0 Å². The van der Waals surface area contributed by atoms with Crippen molar-refractivity contribution in [2.45, 2.75) is 12.7 Å². The Morgan fingerprint density at radius 3 is 2.61 bits per heavy atom. The largest absolute Gasteiger partial charge is 0.481 e. The number of halogens is 3. The zero-order valence-electron chi connectivity index (χ0n) is 9.01. The first kappa shape index (κ1) is 13.9. The maximum atomic E-state index is 12.4. The Balaban J connectivity index is 2.86. The van der Waals surface area contributed by atoms with Crippen molar-refractivity contribution < 1.29 is 32.6 Å². The zero-order chi connectivity index (χ0) is 13.9. The number of carboxylic acids is 1. The van der Waals surface area contributed by atoms with E-state index in [1.165, 1.54) is 0 Å². The number of carboxylic acid groups (broad SMARTS) is 1. The molecule has 18 heavy (non-hydrogen) atoms. The predicted molar refractivity (Wildman–Crippen MR) is 48.5 cm³/mol. The Morgan fingerprint density at radius 1 is 1.56 bits per heavy atom. The predicted octanol–water partition coefficient (Wildman–Crippen LogP) is 0.328. The van der Waals surface area contributed by atoms with Gasteiger partial charge in [0.05, 0.1) is 13.7 Å². The second kappa shape index (κ2) is 5.02. The van der Waals surface area contributed by atoms with Gasteiger partial charge in [-0.25, -0.2) is 9.78 Å². The van der Waals surface area contributed by atoms with Crippen LogP contribution in [0.1, 0.15) is 10.6 Å². The molecule has 0 bridgehead atoms. The molecule has 1 heterocycles. The van der Waals surface area contributed by atoms with E-state index in [9.17, 15) is 22.8 Å². The van der Waals surface area contributed by atoms with Gasteiger partial charge in [0.25, 0.3) is 5.82 Å². The highest BCUT2D eigenvalue weighted by Gasteiger charge is 2.45. The SMILES string of the molecule is COC(=O)c1ncn(CC(C(=O)O)C(F)(F)F)n1. The molecule has 1 aromatic rings. The molecule has 0 aromatic carbocycles. The summed E-state index contributed by atoms with van der Waals surface area (Å²) in [6.45, 7) is -0.969. The molecule has 0 aliphatic carbocycles. The number of rotatable bonds is 4. The van der Waals surface area contributed by atoms with E-state index < -0.39 is 36.4 Å². The van der Waals surface area contributed by atoms with Crippen LogP contribution in [0.3, 0.4) is 0 Å². The number of carbonyl (C=O) groups excluding carboxylic acids is 1. The smallest absolute Gasteiger partial charge is 0.404 e. The molecular formula is C8H8F3N3O4. The standard InChI is InChI=1S/C8H8F3N3O4/c1-18-7(17)5-12-3-14(13-5)2-4(6(15)16)8(9,10)11/h3-4H,2H2,1H3,(H,15,16). The number of esters is 1. The van der Waals surface area contributed by atoms with Crippen molar-refractivity contribution in [1.82, 2.24) is 14.8 Å². The molecule has 1 atom stereocenters. The first-order valence-electron chi connectivity index (χ1n) is 4.53. The summed E-state index contributed by atoms with van der Waals surface area (Å²) >= 11 is 0. The van der Waals surface area contributed by atoms with Crippen LogP contribution in [-0.2, 0) is 16.1 Å². The fraction of sp³-hybridized carbons (Fsp3) is 0.500. The van der Waals surface area contributed by atoms with Crippen LogP contribution >= 0.6 is 0 Å². The Kier molecular flexibility index (Phi) is 3.89. The fourth-order valence-corrected chi connectivity index (χ4v) is 1.08. The van der Waals surface area contributed by atoms with Gasteiger partial charge in [0.2, 0.25) is 0 Å². The van der Waals surface area contributed by atoms with Crippen molar-refractivity contribution in [3.05, 3.63) is 12.2 Å². The average molecular weight is 267 g/mol. The number of ether oxygens (including phenoxy) is 1. The molecule has 1 unspecified atom stereocenters. The van der Waals surface area contributed by atoms with Gasteiger partial charge in [-0.05, 0) is 0 Å². The molecule has 0 saturated carbocycles. The van der Waals surface area contributed by atoms with E-state index in [4.69, 9.17) is 5.11 Å². The lowest BCUT2D eigenvalue weighted by atomic mass is 10.1. The van der Waals surface area contributed by atoms with Gasteiger partial charge in [0.15, 0.2) is 5.92 Å². The van der Waals surface area contributed by atoms with E-state index in [-0.39, 0.29) is 0 Å². The van der Waals surface area contributed by atoms with Crippen LogP contribution in [0.25, 0.3) is 0 Å². The Morgan fingerprint density at radius 2 is 2.17 bits per heavy atom. The van der Waals surface area contributed by atoms with E-state index in [2.05, 4.69) is 14.8 Å². The fourth-order valence-electron chi connectivity index (χ4n) is 1.08. The molecule has 0 radical (unpaired) electrons. The molecule has 1 aromatic heterocycles. The molecular weight excluding hydrogens is 259 g/mol. The van der Waals surface area contributed by atoms with Gasteiger partial charge in [0.1, 0.15) is 6.33 Å². The molecule has 0 aliphatic heterocycles. The van der Waals surface area contributed by atoms with Crippen LogP contribution in [-0.4, -0.2) is 45.1 Å². The third-order valence-electron chi connectivity index (χ3n) is 1.97. The number of aromatic nitrogens is 3.